The minimum absolute atomic E-state index is 0.329. The lowest BCUT2D eigenvalue weighted by atomic mass is 10.1. The predicted octanol–water partition coefficient (Wildman–Crippen LogP) is 4.62. The molecule has 0 aliphatic rings. The number of hydrogen-bond acceptors (Lipinski definition) is 4. The van der Waals surface area contributed by atoms with E-state index in [9.17, 15) is 9.59 Å². The number of nitrogens with one attached hydrogen (secondary N) is 1. The van der Waals surface area contributed by atoms with Gasteiger partial charge in [0.15, 0.2) is 6.61 Å². The van der Waals surface area contributed by atoms with Gasteiger partial charge in [0.05, 0.1) is 5.56 Å². The van der Waals surface area contributed by atoms with Crippen molar-refractivity contribution in [1.29, 1.82) is 0 Å². The molecule has 0 aliphatic heterocycles. The van der Waals surface area contributed by atoms with Crippen molar-refractivity contribution < 1.29 is 19.1 Å². The normalized spacial score (nSPS) is 10.2. The van der Waals surface area contributed by atoms with E-state index in [0.717, 1.165) is 12.0 Å². The second kappa shape index (κ2) is 10.1. The van der Waals surface area contributed by atoms with Gasteiger partial charge in [-0.2, -0.15) is 0 Å². The topological polar surface area (TPSA) is 64.6 Å². The Labute approximate surface area is 170 Å². The smallest absolute Gasteiger partial charge is 0.338 e. The van der Waals surface area contributed by atoms with Gasteiger partial charge in [-0.25, -0.2) is 4.79 Å². The molecule has 3 aromatic carbocycles. The van der Waals surface area contributed by atoms with Crippen LogP contribution in [0.2, 0.25) is 0 Å². The highest BCUT2D eigenvalue weighted by atomic mass is 16.5. The first-order valence-electron chi connectivity index (χ1n) is 9.47. The number of esters is 1. The van der Waals surface area contributed by atoms with E-state index in [1.165, 1.54) is 5.56 Å². The monoisotopic (exact) mass is 389 g/mol. The van der Waals surface area contributed by atoms with Crippen LogP contribution in [0.1, 0.15) is 28.4 Å². The van der Waals surface area contributed by atoms with Gasteiger partial charge in [-0.1, -0.05) is 55.5 Å². The molecule has 0 fully saturated rings. The lowest BCUT2D eigenvalue weighted by Gasteiger charge is -2.09. The lowest BCUT2D eigenvalue weighted by Crippen LogP contribution is -2.20. The number of amides is 1. The highest BCUT2D eigenvalue weighted by Crippen LogP contribution is 2.16. The summed E-state index contributed by atoms with van der Waals surface area (Å²) in [7, 11) is 0. The Balaban J connectivity index is 1.50. The van der Waals surface area contributed by atoms with E-state index in [1.54, 1.807) is 24.3 Å². The van der Waals surface area contributed by atoms with Gasteiger partial charge in [0.2, 0.25) is 0 Å². The highest BCUT2D eigenvalue weighted by Gasteiger charge is 2.11. The van der Waals surface area contributed by atoms with Crippen molar-refractivity contribution in [3.8, 4) is 5.75 Å². The SMILES string of the molecule is CCc1ccc(NC(=O)COC(=O)c2cccc(OCc3ccccc3)c2)cc1. The summed E-state index contributed by atoms with van der Waals surface area (Å²) in [6.07, 6.45) is 0.931. The molecule has 5 nitrogen and oxygen atoms in total. The van der Waals surface area contributed by atoms with E-state index in [2.05, 4.69) is 12.2 Å². The molecule has 0 heterocycles. The molecule has 0 spiro atoms. The van der Waals surface area contributed by atoms with Crippen molar-refractivity contribution >= 4 is 17.6 Å². The highest BCUT2D eigenvalue weighted by molar-refractivity contribution is 5.95. The predicted molar refractivity (Wildman–Crippen MR) is 112 cm³/mol. The van der Waals surface area contributed by atoms with Crippen molar-refractivity contribution in [2.24, 2.45) is 0 Å². The number of ether oxygens (including phenoxy) is 2. The Morgan fingerprint density at radius 2 is 1.62 bits per heavy atom. The molecule has 0 aliphatic carbocycles. The average molecular weight is 389 g/mol. The standard InChI is InChI=1S/C24H23NO4/c1-2-18-11-13-21(14-12-18)25-23(26)17-29-24(27)20-9-6-10-22(15-20)28-16-19-7-4-3-5-8-19/h3-15H,2,16-17H2,1H3,(H,25,26). The largest absolute Gasteiger partial charge is 0.489 e. The third-order valence-electron chi connectivity index (χ3n) is 4.30. The van der Waals surface area contributed by atoms with Crippen LogP contribution in [0.4, 0.5) is 5.69 Å². The first kappa shape index (κ1) is 20.1. The van der Waals surface area contributed by atoms with Crippen LogP contribution in [0.3, 0.4) is 0 Å². The third kappa shape index (κ3) is 6.21. The molecule has 0 aromatic heterocycles. The second-order valence-corrected chi connectivity index (χ2v) is 6.48. The van der Waals surface area contributed by atoms with E-state index in [-0.39, 0.29) is 12.5 Å². The van der Waals surface area contributed by atoms with Gasteiger partial charge in [-0.15, -0.1) is 0 Å². The molecule has 29 heavy (non-hydrogen) atoms. The number of hydrogen-bond donors (Lipinski definition) is 1. The maximum absolute atomic E-state index is 12.3. The molecule has 3 aromatic rings. The summed E-state index contributed by atoms with van der Waals surface area (Å²) in [5.74, 6) is -0.408. The van der Waals surface area contributed by atoms with Gasteiger partial charge in [-0.05, 0) is 47.9 Å². The molecule has 0 saturated heterocycles. The Morgan fingerprint density at radius 3 is 2.34 bits per heavy atom. The molecular weight excluding hydrogens is 366 g/mol. The van der Waals surface area contributed by atoms with E-state index < -0.39 is 5.97 Å². The summed E-state index contributed by atoms with van der Waals surface area (Å²) in [5.41, 5.74) is 3.21. The van der Waals surface area contributed by atoms with Gasteiger partial charge in [-0.3, -0.25) is 4.79 Å². The molecule has 0 saturated carbocycles. The average Bonchev–Trinajstić information content (AvgIpc) is 2.77. The molecule has 1 amide bonds. The Morgan fingerprint density at radius 1 is 0.862 bits per heavy atom. The van der Waals surface area contributed by atoms with Gasteiger partial charge >= 0.3 is 5.97 Å². The maximum atomic E-state index is 12.3. The molecule has 3 rings (SSSR count). The van der Waals surface area contributed by atoms with Crippen molar-refractivity contribution in [3.05, 3.63) is 95.6 Å². The zero-order valence-corrected chi connectivity index (χ0v) is 16.3. The summed E-state index contributed by atoms with van der Waals surface area (Å²) >= 11 is 0. The summed E-state index contributed by atoms with van der Waals surface area (Å²) in [5, 5.41) is 2.71. The Bertz CT molecular complexity index is 952. The lowest BCUT2D eigenvalue weighted by molar-refractivity contribution is -0.119. The maximum Gasteiger partial charge on any atom is 0.338 e. The van der Waals surface area contributed by atoms with Crippen LogP contribution in [-0.4, -0.2) is 18.5 Å². The molecule has 0 bridgehead atoms. The second-order valence-electron chi connectivity index (χ2n) is 6.48. The number of aryl methyl sites for hydroxylation is 1. The van der Waals surface area contributed by atoms with E-state index >= 15 is 0 Å². The van der Waals surface area contributed by atoms with Crippen molar-refractivity contribution in [2.45, 2.75) is 20.0 Å². The molecule has 0 atom stereocenters. The van der Waals surface area contributed by atoms with Gasteiger partial charge < -0.3 is 14.8 Å². The number of rotatable bonds is 8. The van der Waals surface area contributed by atoms with Crippen LogP contribution < -0.4 is 10.1 Å². The van der Waals surface area contributed by atoms with Gasteiger partial charge in [0, 0.05) is 5.69 Å². The Hall–Kier alpha value is -3.60. The quantitative estimate of drug-likeness (QED) is 0.571. The van der Waals surface area contributed by atoms with Crippen LogP contribution in [0, 0.1) is 0 Å². The first-order valence-corrected chi connectivity index (χ1v) is 9.47. The molecule has 5 heteroatoms. The summed E-state index contributed by atoms with van der Waals surface area (Å²) in [6, 6.07) is 24.0. The molecule has 0 radical (unpaired) electrons. The fourth-order valence-corrected chi connectivity index (χ4v) is 2.69. The molecule has 0 unspecified atom stereocenters. The third-order valence-corrected chi connectivity index (χ3v) is 4.30. The van der Waals surface area contributed by atoms with Crippen LogP contribution in [-0.2, 0) is 22.6 Å². The zero-order valence-electron chi connectivity index (χ0n) is 16.3. The van der Waals surface area contributed by atoms with Crippen LogP contribution >= 0.6 is 0 Å². The van der Waals surface area contributed by atoms with E-state index in [4.69, 9.17) is 9.47 Å². The minimum atomic E-state index is -0.577. The number of carbonyl (C=O) groups excluding carboxylic acids is 2. The number of carbonyl (C=O) groups is 2. The van der Waals surface area contributed by atoms with Crippen molar-refractivity contribution in [3.63, 3.8) is 0 Å². The minimum Gasteiger partial charge on any atom is -0.489 e. The first-order chi connectivity index (χ1) is 14.1. The van der Waals surface area contributed by atoms with Gasteiger partial charge in [0.25, 0.3) is 5.91 Å². The van der Waals surface area contributed by atoms with Crippen molar-refractivity contribution in [1.82, 2.24) is 0 Å². The van der Waals surface area contributed by atoms with Crippen LogP contribution in [0.15, 0.2) is 78.9 Å². The summed E-state index contributed by atoms with van der Waals surface area (Å²) < 4.78 is 10.8. The summed E-state index contributed by atoms with van der Waals surface area (Å²) in [4.78, 5) is 24.3. The fourth-order valence-electron chi connectivity index (χ4n) is 2.69. The number of benzene rings is 3. The molecule has 1 N–H and O–H groups in total. The van der Waals surface area contributed by atoms with Crippen LogP contribution in [0.5, 0.6) is 5.75 Å². The van der Waals surface area contributed by atoms with E-state index in [1.807, 2.05) is 54.6 Å². The van der Waals surface area contributed by atoms with Gasteiger partial charge in [0.1, 0.15) is 12.4 Å². The number of anilines is 1. The Kier molecular flexibility index (Phi) is 7.00. The van der Waals surface area contributed by atoms with Crippen molar-refractivity contribution in [2.75, 3.05) is 11.9 Å². The van der Waals surface area contributed by atoms with E-state index in [0.29, 0.717) is 23.6 Å². The molecule has 148 valence electrons. The fraction of sp³-hybridized carbons (Fsp3) is 0.167. The summed E-state index contributed by atoms with van der Waals surface area (Å²) in [6.45, 7) is 2.11. The zero-order chi connectivity index (χ0) is 20.5. The molecular formula is C24H23NO4. The van der Waals surface area contributed by atoms with Crippen LogP contribution in [0.25, 0.3) is 0 Å².